The molecule has 1 N–H and O–H groups in total. The number of methoxy groups -OCH3 is 1. The Hall–Kier alpha value is -4.98. The largest absolute Gasteiger partial charge is 0.493 e. The van der Waals surface area contributed by atoms with E-state index in [0.717, 1.165) is 0 Å². The van der Waals surface area contributed by atoms with E-state index in [-0.39, 0.29) is 36.2 Å². The third-order valence-electron chi connectivity index (χ3n) is 6.24. The molecule has 2 aromatic carbocycles. The van der Waals surface area contributed by atoms with Crippen LogP contribution in [0.1, 0.15) is 24.3 Å². The summed E-state index contributed by atoms with van der Waals surface area (Å²) in [6, 6.07) is 10.6. The summed E-state index contributed by atoms with van der Waals surface area (Å²) in [6.07, 6.45) is -1.56. The van der Waals surface area contributed by atoms with Crippen LogP contribution in [-0.4, -0.2) is 74.3 Å². The number of hydrogen-bond donors (Lipinski definition) is 1. The Kier molecular flexibility index (Phi) is 10.9. The Labute approximate surface area is 251 Å². The highest BCUT2D eigenvalue weighted by Crippen LogP contribution is 2.30. The lowest BCUT2D eigenvalue weighted by Crippen LogP contribution is -2.48. The fraction of sp³-hybridized carbons (Fsp3) is 0.333. The summed E-state index contributed by atoms with van der Waals surface area (Å²) in [7, 11) is 1.34. The molecule has 0 radical (unpaired) electrons. The molecular weight excluding hydrogens is 586 g/mol. The molecule has 12 nitrogen and oxygen atoms in total. The number of ether oxygens (including phenoxy) is 7. The molecule has 4 atom stereocenters. The first kappa shape index (κ1) is 31.9. The lowest BCUT2D eigenvalue weighted by Gasteiger charge is -2.31. The highest BCUT2D eigenvalue weighted by molar-refractivity contribution is 5.98. The smallest absolute Gasteiger partial charge is 0.331 e. The fourth-order valence-corrected chi connectivity index (χ4v) is 4.12. The molecule has 234 valence electrons. The Morgan fingerprint density at radius 1 is 0.977 bits per heavy atom. The molecule has 4 unspecified atom stereocenters. The number of pyridine rings is 1. The zero-order chi connectivity index (χ0) is 31.6. The number of rotatable bonds is 10. The normalized spacial score (nSPS) is 20.2. The van der Waals surface area contributed by atoms with Gasteiger partial charge in [-0.3, -0.25) is 9.59 Å². The molecule has 0 bridgehead atoms. The average Bonchev–Trinajstić information content (AvgIpc) is 3.04. The van der Waals surface area contributed by atoms with Crippen LogP contribution in [0.5, 0.6) is 23.0 Å². The monoisotopic (exact) mass is 616 g/mol. The van der Waals surface area contributed by atoms with Crippen LogP contribution in [0.15, 0.2) is 60.8 Å². The van der Waals surface area contributed by atoms with Crippen molar-refractivity contribution in [2.45, 2.75) is 38.2 Å². The zero-order valence-corrected chi connectivity index (χ0v) is 24.0. The number of esters is 2. The van der Waals surface area contributed by atoms with Crippen LogP contribution in [0.4, 0.5) is 8.78 Å². The van der Waals surface area contributed by atoms with E-state index in [0.29, 0.717) is 5.75 Å². The van der Waals surface area contributed by atoms with Gasteiger partial charge in [-0.15, -0.1) is 0 Å². The van der Waals surface area contributed by atoms with Crippen molar-refractivity contribution in [3.8, 4) is 23.0 Å². The van der Waals surface area contributed by atoms with Crippen molar-refractivity contribution in [3.05, 3.63) is 78.1 Å². The summed E-state index contributed by atoms with van der Waals surface area (Å²) >= 11 is 0. The van der Waals surface area contributed by atoms with E-state index in [4.69, 9.17) is 33.2 Å². The molecule has 44 heavy (non-hydrogen) atoms. The van der Waals surface area contributed by atoms with E-state index < -0.39 is 60.6 Å². The van der Waals surface area contributed by atoms with E-state index in [1.807, 2.05) is 0 Å². The SMILES string of the molecule is COc1ccnc(C(=O)NC2COCC(Oc3ccc(F)cc3)C(Oc3ccc(F)cc3)C(C)OC2=O)c1OCOC(C)=O. The second kappa shape index (κ2) is 15.0. The van der Waals surface area contributed by atoms with Gasteiger partial charge >= 0.3 is 11.9 Å². The lowest BCUT2D eigenvalue weighted by molar-refractivity contribution is -0.156. The molecule has 1 amide bonds. The van der Waals surface area contributed by atoms with Crippen molar-refractivity contribution in [3.63, 3.8) is 0 Å². The average molecular weight is 617 g/mol. The number of carbonyl (C=O) groups is 3. The van der Waals surface area contributed by atoms with Gasteiger partial charge < -0.3 is 38.5 Å². The summed E-state index contributed by atoms with van der Waals surface area (Å²) < 4.78 is 66.1. The minimum atomic E-state index is -1.31. The second-order valence-electron chi connectivity index (χ2n) is 9.44. The highest BCUT2D eigenvalue weighted by Gasteiger charge is 2.38. The van der Waals surface area contributed by atoms with Gasteiger partial charge in [0.05, 0.1) is 20.3 Å². The molecule has 1 aliphatic heterocycles. The van der Waals surface area contributed by atoms with E-state index in [2.05, 4.69) is 10.3 Å². The summed E-state index contributed by atoms with van der Waals surface area (Å²) in [5, 5.41) is 2.52. The van der Waals surface area contributed by atoms with E-state index in [1.54, 1.807) is 6.92 Å². The van der Waals surface area contributed by atoms with Crippen LogP contribution < -0.4 is 24.3 Å². The minimum absolute atomic E-state index is 0.125. The molecule has 14 heteroatoms. The topological polar surface area (TPSA) is 141 Å². The van der Waals surface area contributed by atoms with Crippen LogP contribution in [0, 0.1) is 11.6 Å². The number of aromatic nitrogens is 1. The Balaban J connectivity index is 1.55. The number of hydrogen-bond acceptors (Lipinski definition) is 11. The first-order valence-electron chi connectivity index (χ1n) is 13.4. The third kappa shape index (κ3) is 8.53. The van der Waals surface area contributed by atoms with Crippen molar-refractivity contribution in [2.75, 3.05) is 27.1 Å². The predicted molar refractivity (Wildman–Crippen MR) is 147 cm³/mol. The molecule has 4 rings (SSSR count). The van der Waals surface area contributed by atoms with E-state index in [9.17, 15) is 23.2 Å². The quantitative estimate of drug-likeness (QED) is 0.265. The van der Waals surface area contributed by atoms with Crippen molar-refractivity contribution in [1.82, 2.24) is 10.3 Å². The van der Waals surface area contributed by atoms with Crippen molar-refractivity contribution in [1.29, 1.82) is 0 Å². The fourth-order valence-electron chi connectivity index (χ4n) is 4.12. The number of halogens is 2. The van der Waals surface area contributed by atoms with Crippen molar-refractivity contribution < 1.29 is 56.3 Å². The van der Waals surface area contributed by atoms with Crippen molar-refractivity contribution in [2.24, 2.45) is 0 Å². The minimum Gasteiger partial charge on any atom is -0.493 e. The van der Waals surface area contributed by atoms with Crippen LogP contribution in [-0.2, 0) is 23.8 Å². The van der Waals surface area contributed by atoms with Gasteiger partial charge in [0.1, 0.15) is 29.2 Å². The number of benzene rings is 2. The molecule has 3 aromatic rings. The van der Waals surface area contributed by atoms with Crippen LogP contribution in [0.3, 0.4) is 0 Å². The molecule has 1 saturated heterocycles. The number of cyclic esters (lactones) is 1. The van der Waals surface area contributed by atoms with Gasteiger partial charge in [-0.05, 0) is 55.5 Å². The standard InChI is InChI=1S/C30H30F2N2O10/c1-17-27(44-22-10-6-20(32)7-11-22)25(43-21-8-4-19(31)5-9-21)15-39-14-23(30(37)42-17)34-29(36)26-28(41-16-40-18(2)35)24(38-3)12-13-33-26/h4-13,17,23,25,27H,14-16H2,1-3H3,(H,34,36). The van der Waals surface area contributed by atoms with Gasteiger partial charge in [0.25, 0.3) is 5.91 Å². The number of amides is 1. The lowest BCUT2D eigenvalue weighted by atomic mass is 10.1. The summed E-state index contributed by atoms with van der Waals surface area (Å²) in [6.45, 7) is 1.74. The van der Waals surface area contributed by atoms with Crippen LogP contribution in [0.25, 0.3) is 0 Å². The molecule has 0 aliphatic carbocycles. The predicted octanol–water partition coefficient (Wildman–Crippen LogP) is 3.22. The van der Waals surface area contributed by atoms with Crippen molar-refractivity contribution >= 4 is 17.8 Å². The summed E-state index contributed by atoms with van der Waals surface area (Å²) in [5.41, 5.74) is -0.257. The summed E-state index contributed by atoms with van der Waals surface area (Å²) in [4.78, 5) is 41.7. The maximum atomic E-state index is 13.5. The van der Waals surface area contributed by atoms with E-state index >= 15 is 0 Å². The summed E-state index contributed by atoms with van der Waals surface area (Å²) in [5.74, 6) is -2.68. The van der Waals surface area contributed by atoms with E-state index in [1.165, 1.54) is 74.8 Å². The Bertz CT molecular complexity index is 1440. The highest BCUT2D eigenvalue weighted by atomic mass is 19.1. The molecule has 0 spiro atoms. The van der Waals surface area contributed by atoms with Gasteiger partial charge in [0, 0.05) is 19.2 Å². The number of carbonyl (C=O) groups excluding carboxylic acids is 3. The number of nitrogens with one attached hydrogen (secondary N) is 1. The maximum Gasteiger partial charge on any atom is 0.331 e. The molecule has 2 heterocycles. The Morgan fingerprint density at radius 2 is 1.61 bits per heavy atom. The first-order valence-corrected chi connectivity index (χ1v) is 13.4. The van der Waals surface area contributed by atoms with Gasteiger partial charge in [0.2, 0.25) is 6.79 Å². The molecule has 1 aliphatic rings. The molecule has 0 saturated carbocycles. The van der Waals surface area contributed by atoms with Crippen LogP contribution in [0.2, 0.25) is 0 Å². The van der Waals surface area contributed by atoms with Gasteiger partial charge in [-0.2, -0.15) is 0 Å². The number of nitrogens with zero attached hydrogens (tertiary/aromatic N) is 1. The van der Waals surface area contributed by atoms with Gasteiger partial charge in [0.15, 0.2) is 35.4 Å². The zero-order valence-electron chi connectivity index (χ0n) is 24.0. The molecular formula is C30H30F2N2O10. The molecule has 1 fully saturated rings. The Morgan fingerprint density at radius 3 is 2.23 bits per heavy atom. The second-order valence-corrected chi connectivity index (χ2v) is 9.44. The maximum absolute atomic E-state index is 13.5. The van der Waals surface area contributed by atoms with Gasteiger partial charge in [-0.25, -0.2) is 18.6 Å². The third-order valence-corrected chi connectivity index (χ3v) is 6.24. The van der Waals surface area contributed by atoms with Gasteiger partial charge in [-0.1, -0.05) is 0 Å². The van der Waals surface area contributed by atoms with Crippen LogP contribution >= 0.6 is 0 Å². The molecule has 1 aromatic heterocycles. The first-order chi connectivity index (χ1) is 21.1.